The van der Waals surface area contributed by atoms with Gasteiger partial charge < -0.3 is 15.5 Å². The number of likely N-dealkylation sites (N-methyl/N-ethyl adjacent to an activating group) is 2. The molecule has 0 radical (unpaired) electrons. The van der Waals surface area contributed by atoms with Gasteiger partial charge >= 0.3 is 0 Å². The number of nitrogens with zero attached hydrogens (tertiary/aromatic N) is 1. The molecule has 138 valence electrons. The number of hydrogen-bond acceptors (Lipinski definition) is 3. The number of rotatable bonds is 8. The standard InChI is InChI=1S/C20H25N3O3/c1-3-21-18(24)14-23(4-2)19(25)11-12-22-20(26)17-10-9-15-7-5-6-8-16(15)13-17/h5-10,13H,3-4,11-12,14H2,1-2H3,(H,21,24)(H,22,26). The molecule has 0 atom stereocenters. The fourth-order valence-electron chi connectivity index (χ4n) is 2.68. The second-order valence-corrected chi connectivity index (χ2v) is 5.93. The van der Waals surface area contributed by atoms with Crippen LogP contribution in [0.25, 0.3) is 10.8 Å². The average Bonchev–Trinajstić information content (AvgIpc) is 2.65. The van der Waals surface area contributed by atoms with Crippen molar-refractivity contribution in [3.8, 4) is 0 Å². The minimum atomic E-state index is -0.213. The molecule has 2 aromatic carbocycles. The summed E-state index contributed by atoms with van der Waals surface area (Å²) < 4.78 is 0. The molecule has 0 fully saturated rings. The van der Waals surface area contributed by atoms with Gasteiger partial charge in [-0.05, 0) is 36.8 Å². The lowest BCUT2D eigenvalue weighted by molar-refractivity contribution is -0.135. The van der Waals surface area contributed by atoms with Crippen LogP contribution in [0.3, 0.4) is 0 Å². The molecule has 0 saturated heterocycles. The van der Waals surface area contributed by atoms with E-state index in [9.17, 15) is 14.4 Å². The minimum Gasteiger partial charge on any atom is -0.355 e. The van der Waals surface area contributed by atoms with E-state index in [2.05, 4.69) is 10.6 Å². The van der Waals surface area contributed by atoms with Gasteiger partial charge in [-0.3, -0.25) is 14.4 Å². The van der Waals surface area contributed by atoms with E-state index < -0.39 is 0 Å². The van der Waals surface area contributed by atoms with Gasteiger partial charge in [0.05, 0.1) is 6.54 Å². The summed E-state index contributed by atoms with van der Waals surface area (Å²) in [5.74, 6) is -0.546. The van der Waals surface area contributed by atoms with Gasteiger partial charge in [-0.15, -0.1) is 0 Å². The second kappa shape index (κ2) is 9.56. The molecule has 2 rings (SSSR count). The molecule has 26 heavy (non-hydrogen) atoms. The zero-order chi connectivity index (χ0) is 18.9. The Morgan fingerprint density at radius 1 is 0.962 bits per heavy atom. The first-order valence-electron chi connectivity index (χ1n) is 8.86. The first-order valence-corrected chi connectivity index (χ1v) is 8.86. The van der Waals surface area contributed by atoms with E-state index in [4.69, 9.17) is 0 Å². The number of benzene rings is 2. The molecule has 6 nitrogen and oxygen atoms in total. The maximum absolute atomic E-state index is 12.3. The highest BCUT2D eigenvalue weighted by molar-refractivity contribution is 5.98. The van der Waals surface area contributed by atoms with Gasteiger partial charge in [-0.2, -0.15) is 0 Å². The molecule has 2 N–H and O–H groups in total. The predicted octanol–water partition coefficient (Wildman–Crippen LogP) is 1.94. The van der Waals surface area contributed by atoms with Crippen LogP contribution in [-0.4, -0.2) is 48.8 Å². The van der Waals surface area contributed by atoms with Crippen LogP contribution in [0.4, 0.5) is 0 Å². The molecule has 0 bridgehead atoms. The fourth-order valence-corrected chi connectivity index (χ4v) is 2.68. The maximum atomic E-state index is 12.3. The van der Waals surface area contributed by atoms with Crippen molar-refractivity contribution in [1.82, 2.24) is 15.5 Å². The van der Waals surface area contributed by atoms with Gasteiger partial charge in [-0.25, -0.2) is 0 Å². The lowest BCUT2D eigenvalue weighted by Crippen LogP contribution is -2.41. The SMILES string of the molecule is CCNC(=O)CN(CC)C(=O)CCNC(=O)c1ccc2ccccc2c1. The van der Waals surface area contributed by atoms with Gasteiger partial charge in [0.15, 0.2) is 0 Å². The Bertz CT molecular complexity index is 789. The molecule has 0 saturated carbocycles. The molecule has 0 aliphatic heterocycles. The summed E-state index contributed by atoms with van der Waals surface area (Å²) in [5, 5.41) is 7.51. The summed E-state index contributed by atoms with van der Waals surface area (Å²) in [5.41, 5.74) is 0.561. The lowest BCUT2D eigenvalue weighted by atomic mass is 10.1. The van der Waals surface area contributed by atoms with E-state index in [1.54, 1.807) is 6.07 Å². The molecule has 0 heterocycles. The first kappa shape index (κ1) is 19.4. The van der Waals surface area contributed by atoms with Crippen molar-refractivity contribution < 1.29 is 14.4 Å². The highest BCUT2D eigenvalue weighted by Crippen LogP contribution is 2.15. The molecular formula is C20H25N3O3. The third-order valence-electron chi connectivity index (χ3n) is 4.08. The Morgan fingerprint density at radius 3 is 2.38 bits per heavy atom. The van der Waals surface area contributed by atoms with E-state index >= 15 is 0 Å². The molecule has 0 aliphatic rings. The lowest BCUT2D eigenvalue weighted by Gasteiger charge is -2.20. The van der Waals surface area contributed by atoms with E-state index in [0.29, 0.717) is 18.7 Å². The van der Waals surface area contributed by atoms with Crippen LogP contribution in [-0.2, 0) is 9.59 Å². The van der Waals surface area contributed by atoms with Crippen LogP contribution < -0.4 is 10.6 Å². The van der Waals surface area contributed by atoms with Crippen LogP contribution in [0.2, 0.25) is 0 Å². The minimum absolute atomic E-state index is 0.0434. The van der Waals surface area contributed by atoms with E-state index in [1.165, 1.54) is 4.90 Å². The van der Waals surface area contributed by atoms with Crippen LogP contribution >= 0.6 is 0 Å². The fraction of sp³-hybridized carbons (Fsp3) is 0.350. The summed E-state index contributed by atoms with van der Waals surface area (Å²) in [6.45, 7) is 4.92. The van der Waals surface area contributed by atoms with Crippen LogP contribution in [0.5, 0.6) is 0 Å². The Balaban J connectivity index is 1.86. The monoisotopic (exact) mass is 355 g/mol. The summed E-state index contributed by atoms with van der Waals surface area (Å²) >= 11 is 0. The van der Waals surface area contributed by atoms with Crippen molar-refractivity contribution in [1.29, 1.82) is 0 Å². The number of carbonyl (C=O) groups excluding carboxylic acids is 3. The summed E-state index contributed by atoms with van der Waals surface area (Å²) in [7, 11) is 0. The van der Waals surface area contributed by atoms with Gasteiger partial charge in [0.25, 0.3) is 5.91 Å². The van der Waals surface area contributed by atoms with Crippen molar-refractivity contribution in [3.05, 3.63) is 48.0 Å². The van der Waals surface area contributed by atoms with Crippen molar-refractivity contribution in [2.45, 2.75) is 20.3 Å². The van der Waals surface area contributed by atoms with Gasteiger partial charge in [0.1, 0.15) is 0 Å². The zero-order valence-corrected chi connectivity index (χ0v) is 15.2. The summed E-state index contributed by atoms with van der Waals surface area (Å²) in [4.78, 5) is 37.6. The van der Waals surface area contributed by atoms with Crippen molar-refractivity contribution in [3.63, 3.8) is 0 Å². The highest BCUT2D eigenvalue weighted by atomic mass is 16.2. The summed E-state index contributed by atoms with van der Waals surface area (Å²) in [6, 6.07) is 13.3. The van der Waals surface area contributed by atoms with Crippen LogP contribution in [0.15, 0.2) is 42.5 Å². The molecule has 6 heteroatoms. The predicted molar refractivity (Wildman–Crippen MR) is 102 cm³/mol. The first-order chi connectivity index (χ1) is 12.5. The maximum Gasteiger partial charge on any atom is 0.251 e. The van der Waals surface area contributed by atoms with Gasteiger partial charge in [-0.1, -0.05) is 30.3 Å². The number of fused-ring (bicyclic) bond motifs is 1. The number of nitrogens with one attached hydrogen (secondary N) is 2. The normalized spacial score (nSPS) is 10.4. The number of amides is 3. The molecule has 0 unspecified atom stereocenters. The smallest absolute Gasteiger partial charge is 0.251 e. The zero-order valence-electron chi connectivity index (χ0n) is 15.2. The quantitative estimate of drug-likeness (QED) is 0.760. The van der Waals surface area contributed by atoms with Crippen LogP contribution in [0.1, 0.15) is 30.6 Å². The van der Waals surface area contributed by atoms with Gasteiger partial charge in [0.2, 0.25) is 11.8 Å². The molecule has 0 spiro atoms. The highest BCUT2D eigenvalue weighted by Gasteiger charge is 2.15. The second-order valence-electron chi connectivity index (χ2n) is 5.93. The van der Waals surface area contributed by atoms with Gasteiger partial charge in [0, 0.05) is 31.6 Å². The average molecular weight is 355 g/mol. The Kier molecular flexibility index (Phi) is 7.14. The van der Waals surface area contributed by atoms with Crippen molar-refractivity contribution in [2.75, 3.05) is 26.2 Å². The Labute approximate surface area is 153 Å². The third-order valence-corrected chi connectivity index (χ3v) is 4.08. The molecular weight excluding hydrogens is 330 g/mol. The summed E-state index contributed by atoms with van der Waals surface area (Å²) in [6.07, 6.45) is 0.159. The Morgan fingerprint density at radius 2 is 1.69 bits per heavy atom. The van der Waals surface area contributed by atoms with Crippen molar-refractivity contribution in [2.24, 2.45) is 0 Å². The molecule has 0 aromatic heterocycles. The molecule has 2 aromatic rings. The number of carbonyl (C=O) groups is 3. The van der Waals surface area contributed by atoms with E-state index in [0.717, 1.165) is 10.8 Å². The Hall–Kier alpha value is -2.89. The molecule has 3 amide bonds. The topological polar surface area (TPSA) is 78.5 Å². The van der Waals surface area contributed by atoms with Crippen LogP contribution in [0, 0.1) is 0 Å². The largest absolute Gasteiger partial charge is 0.355 e. The van der Waals surface area contributed by atoms with E-state index in [-0.39, 0.29) is 37.2 Å². The number of hydrogen-bond donors (Lipinski definition) is 2. The van der Waals surface area contributed by atoms with E-state index in [1.807, 2.05) is 50.2 Å². The molecule has 0 aliphatic carbocycles. The van der Waals surface area contributed by atoms with Crippen molar-refractivity contribution >= 4 is 28.5 Å². The third kappa shape index (κ3) is 5.31.